The van der Waals surface area contributed by atoms with Gasteiger partial charge in [0.05, 0.1) is 12.4 Å². The molecular weight excluding hydrogens is 398 g/mol. The number of methoxy groups -OCH3 is 1. The number of amides is 2. The van der Waals surface area contributed by atoms with Crippen molar-refractivity contribution in [3.8, 4) is 0 Å². The molecule has 1 aliphatic heterocycles. The lowest BCUT2D eigenvalue weighted by atomic mass is 9.88. The van der Waals surface area contributed by atoms with Gasteiger partial charge < -0.3 is 19.9 Å². The number of hydrogen-bond acceptors (Lipinski definition) is 8. The van der Waals surface area contributed by atoms with E-state index in [0.717, 1.165) is 48.5 Å². The van der Waals surface area contributed by atoms with E-state index >= 15 is 0 Å². The monoisotopic (exact) mass is 427 g/mol. The molecule has 1 saturated heterocycles. The second kappa shape index (κ2) is 11.0. The van der Waals surface area contributed by atoms with Gasteiger partial charge in [-0.05, 0) is 12.8 Å². The number of hydrogen-bond donors (Lipinski definition) is 1. The van der Waals surface area contributed by atoms with E-state index in [1.165, 1.54) is 42.4 Å². The highest BCUT2D eigenvalue weighted by Gasteiger charge is 2.29. The maximum atomic E-state index is 12.7. The number of rotatable bonds is 8. The number of aromatic nitrogens is 2. The zero-order chi connectivity index (χ0) is 19.8. The van der Waals surface area contributed by atoms with Crippen LogP contribution >= 0.6 is 23.1 Å². The fourth-order valence-electron chi connectivity index (χ4n) is 3.59. The molecule has 1 aliphatic carbocycles. The van der Waals surface area contributed by atoms with Gasteiger partial charge >= 0.3 is 0 Å². The topological polar surface area (TPSA) is 87.7 Å². The average molecular weight is 428 g/mol. The van der Waals surface area contributed by atoms with Crippen molar-refractivity contribution < 1.29 is 14.3 Å². The summed E-state index contributed by atoms with van der Waals surface area (Å²) in [6.07, 6.45) is 5.74. The van der Waals surface area contributed by atoms with Crippen LogP contribution in [-0.2, 0) is 14.3 Å². The first-order valence-corrected chi connectivity index (χ1v) is 11.7. The van der Waals surface area contributed by atoms with Gasteiger partial charge in [-0.1, -0.05) is 42.4 Å². The quantitative estimate of drug-likeness (QED) is 0.498. The van der Waals surface area contributed by atoms with Crippen molar-refractivity contribution in [2.75, 3.05) is 57.1 Å². The van der Waals surface area contributed by atoms with Gasteiger partial charge in [0.25, 0.3) is 0 Å². The molecule has 0 spiro atoms. The Kier molecular flexibility index (Phi) is 8.35. The Labute approximate surface area is 174 Å². The van der Waals surface area contributed by atoms with E-state index in [9.17, 15) is 9.59 Å². The number of carbonyl (C=O) groups is 2. The predicted octanol–water partition coefficient (Wildman–Crippen LogP) is 1.62. The van der Waals surface area contributed by atoms with Crippen molar-refractivity contribution in [2.24, 2.45) is 5.92 Å². The highest BCUT2D eigenvalue weighted by atomic mass is 32.2. The standard InChI is InChI=1S/C18H29N5O3S2/c1-26-12-7-19-15(24)13-27-18-21-20-17(28-18)23-10-8-22(9-11-23)16(25)14-5-3-2-4-6-14/h14H,2-13H2,1H3,(H,19,24). The molecule has 2 aliphatic rings. The molecule has 0 bridgehead atoms. The Bertz CT molecular complexity index is 643. The second-order valence-corrected chi connectivity index (χ2v) is 9.31. The van der Waals surface area contributed by atoms with E-state index in [1.807, 2.05) is 4.90 Å². The third-order valence-electron chi connectivity index (χ3n) is 5.17. The van der Waals surface area contributed by atoms with Gasteiger partial charge in [-0.3, -0.25) is 9.59 Å². The Morgan fingerprint density at radius 1 is 1.18 bits per heavy atom. The average Bonchev–Trinajstić information content (AvgIpc) is 3.22. The SMILES string of the molecule is COCCNC(=O)CSc1nnc(N2CCN(C(=O)C3CCCCC3)CC2)s1. The largest absolute Gasteiger partial charge is 0.383 e. The van der Waals surface area contributed by atoms with E-state index < -0.39 is 0 Å². The summed E-state index contributed by atoms with van der Waals surface area (Å²) >= 11 is 2.90. The summed E-state index contributed by atoms with van der Waals surface area (Å²) in [6.45, 7) is 4.10. The highest BCUT2D eigenvalue weighted by Crippen LogP contribution is 2.29. The van der Waals surface area contributed by atoms with Crippen LogP contribution in [-0.4, -0.2) is 79.1 Å². The van der Waals surface area contributed by atoms with Crippen molar-refractivity contribution in [1.29, 1.82) is 0 Å². The van der Waals surface area contributed by atoms with E-state index in [0.29, 0.717) is 24.8 Å². The maximum absolute atomic E-state index is 12.7. The van der Waals surface area contributed by atoms with Crippen molar-refractivity contribution in [2.45, 2.75) is 36.4 Å². The van der Waals surface area contributed by atoms with Crippen LogP contribution in [0, 0.1) is 5.92 Å². The predicted molar refractivity (Wildman–Crippen MR) is 111 cm³/mol. The molecule has 2 fully saturated rings. The number of nitrogens with one attached hydrogen (secondary N) is 1. The molecule has 0 radical (unpaired) electrons. The Balaban J connectivity index is 1.41. The second-order valence-electron chi connectivity index (χ2n) is 7.13. The summed E-state index contributed by atoms with van der Waals surface area (Å²) < 4.78 is 5.70. The molecular formula is C18H29N5O3S2. The molecule has 8 nitrogen and oxygen atoms in total. The Morgan fingerprint density at radius 3 is 2.64 bits per heavy atom. The van der Waals surface area contributed by atoms with Gasteiger partial charge in [-0.25, -0.2) is 0 Å². The summed E-state index contributed by atoms with van der Waals surface area (Å²) in [4.78, 5) is 28.6. The van der Waals surface area contributed by atoms with E-state index in [4.69, 9.17) is 4.74 Å². The molecule has 1 N–H and O–H groups in total. The van der Waals surface area contributed by atoms with Crippen LogP contribution in [0.5, 0.6) is 0 Å². The number of thioether (sulfide) groups is 1. The van der Waals surface area contributed by atoms with Crippen LogP contribution in [0.25, 0.3) is 0 Å². The van der Waals surface area contributed by atoms with Gasteiger partial charge in [0, 0.05) is 45.8 Å². The smallest absolute Gasteiger partial charge is 0.230 e. The van der Waals surface area contributed by atoms with Gasteiger partial charge in [0.15, 0.2) is 4.34 Å². The lowest BCUT2D eigenvalue weighted by molar-refractivity contribution is -0.136. The lowest BCUT2D eigenvalue weighted by Crippen LogP contribution is -2.50. The van der Waals surface area contributed by atoms with Crippen molar-refractivity contribution in [1.82, 2.24) is 20.4 Å². The molecule has 156 valence electrons. The molecule has 0 unspecified atom stereocenters. The summed E-state index contributed by atoms with van der Waals surface area (Å²) in [6, 6.07) is 0. The van der Waals surface area contributed by atoms with E-state index in [1.54, 1.807) is 7.11 Å². The third kappa shape index (κ3) is 6.05. The number of piperazine rings is 1. The van der Waals surface area contributed by atoms with Crippen molar-refractivity contribution >= 4 is 40.0 Å². The minimum atomic E-state index is -0.0337. The summed E-state index contributed by atoms with van der Waals surface area (Å²) in [7, 11) is 1.61. The minimum Gasteiger partial charge on any atom is -0.383 e. The normalized spacial score (nSPS) is 18.3. The molecule has 3 rings (SSSR count). The number of ether oxygens (including phenoxy) is 1. The molecule has 10 heteroatoms. The summed E-state index contributed by atoms with van der Waals surface area (Å²) in [5, 5.41) is 12.1. The fraction of sp³-hybridized carbons (Fsp3) is 0.778. The molecule has 0 atom stereocenters. The molecule has 28 heavy (non-hydrogen) atoms. The lowest BCUT2D eigenvalue weighted by Gasteiger charge is -2.36. The first-order chi connectivity index (χ1) is 13.7. The molecule has 1 aromatic rings. The first kappa shape index (κ1) is 21.3. The fourth-order valence-corrected chi connectivity index (χ4v) is 5.31. The van der Waals surface area contributed by atoms with Crippen molar-refractivity contribution in [3.05, 3.63) is 0 Å². The zero-order valence-electron chi connectivity index (χ0n) is 16.4. The van der Waals surface area contributed by atoms with Gasteiger partial charge in [0.2, 0.25) is 16.9 Å². The van der Waals surface area contributed by atoms with Crippen LogP contribution in [0.2, 0.25) is 0 Å². The molecule has 0 aromatic carbocycles. The Hall–Kier alpha value is -1.39. The first-order valence-electron chi connectivity index (χ1n) is 9.93. The van der Waals surface area contributed by atoms with Crippen LogP contribution < -0.4 is 10.2 Å². The van der Waals surface area contributed by atoms with E-state index in [2.05, 4.69) is 20.4 Å². The zero-order valence-corrected chi connectivity index (χ0v) is 18.0. The maximum Gasteiger partial charge on any atom is 0.230 e. The van der Waals surface area contributed by atoms with Gasteiger partial charge in [0.1, 0.15) is 0 Å². The molecule has 2 amide bonds. The van der Waals surface area contributed by atoms with Crippen LogP contribution in [0.15, 0.2) is 4.34 Å². The van der Waals surface area contributed by atoms with Gasteiger partial charge in [-0.2, -0.15) is 0 Å². The Morgan fingerprint density at radius 2 is 1.93 bits per heavy atom. The molecule has 2 heterocycles. The number of carbonyl (C=O) groups excluding carboxylic acids is 2. The third-order valence-corrected chi connectivity index (χ3v) is 7.28. The molecule has 1 saturated carbocycles. The van der Waals surface area contributed by atoms with Gasteiger partial charge in [-0.15, -0.1) is 10.2 Å². The van der Waals surface area contributed by atoms with Crippen LogP contribution in [0.4, 0.5) is 5.13 Å². The van der Waals surface area contributed by atoms with Crippen molar-refractivity contribution in [3.63, 3.8) is 0 Å². The number of nitrogens with zero attached hydrogens (tertiary/aromatic N) is 4. The van der Waals surface area contributed by atoms with Crippen LogP contribution in [0.1, 0.15) is 32.1 Å². The van der Waals surface area contributed by atoms with Crippen LogP contribution in [0.3, 0.4) is 0 Å². The number of anilines is 1. The van der Waals surface area contributed by atoms with E-state index in [-0.39, 0.29) is 11.8 Å². The summed E-state index contributed by atoms with van der Waals surface area (Å²) in [5.41, 5.74) is 0. The molecule has 1 aromatic heterocycles. The highest BCUT2D eigenvalue weighted by molar-refractivity contribution is 8.01. The summed E-state index contributed by atoms with van der Waals surface area (Å²) in [5.74, 6) is 0.864. The minimum absolute atomic E-state index is 0.0337.